The molecule has 0 bridgehead atoms. The fraction of sp³-hybridized carbons (Fsp3) is 0.267. The first kappa shape index (κ1) is 26.2. The number of anilines is 2. The van der Waals surface area contributed by atoms with E-state index in [0.29, 0.717) is 30.5 Å². The number of hydrogen-bond donors (Lipinski definition) is 1. The number of thioether (sulfide) groups is 1. The molecule has 2 aromatic carbocycles. The van der Waals surface area contributed by atoms with Gasteiger partial charge in [-0.15, -0.1) is 11.8 Å². The molecule has 0 spiro atoms. The van der Waals surface area contributed by atoms with Crippen LogP contribution in [0.25, 0.3) is 11.4 Å². The Hall–Kier alpha value is -4.02. The number of rotatable bonds is 7. The largest absolute Gasteiger partial charge is 0.417 e. The fourth-order valence-electron chi connectivity index (χ4n) is 4.68. The van der Waals surface area contributed by atoms with E-state index in [4.69, 9.17) is 19.4 Å². The van der Waals surface area contributed by atoms with Gasteiger partial charge in [-0.1, -0.05) is 18.2 Å². The highest BCUT2D eigenvalue weighted by molar-refractivity contribution is 8.00. The quantitative estimate of drug-likeness (QED) is 0.311. The van der Waals surface area contributed by atoms with Crippen molar-refractivity contribution in [1.29, 1.82) is 0 Å². The predicted octanol–water partition coefficient (Wildman–Crippen LogP) is 5.71. The zero-order valence-electron chi connectivity index (χ0n) is 22.0. The van der Waals surface area contributed by atoms with Gasteiger partial charge in [-0.2, -0.15) is 0 Å². The van der Waals surface area contributed by atoms with Crippen LogP contribution in [-0.2, 0) is 9.48 Å². The average Bonchev–Trinajstić information content (AvgIpc) is 3.74. The first-order chi connectivity index (χ1) is 19.5. The molecule has 2 N–H and O–H groups in total. The number of carbonyl (C=O) groups is 1. The lowest BCUT2D eigenvalue weighted by Crippen LogP contribution is -2.44. The summed E-state index contributed by atoms with van der Waals surface area (Å²) >= 11 is 1.63. The van der Waals surface area contributed by atoms with Crippen LogP contribution >= 0.6 is 11.8 Å². The molecule has 3 heterocycles. The molecule has 6 rings (SSSR count). The van der Waals surface area contributed by atoms with Crippen molar-refractivity contribution in [3.05, 3.63) is 90.6 Å². The fourth-order valence-corrected chi connectivity index (χ4v) is 5.95. The molecule has 1 saturated carbocycles. The molecule has 4 aromatic rings. The monoisotopic (exact) mass is 558 g/mol. The molecule has 204 valence electrons. The maximum absolute atomic E-state index is 13.9. The van der Waals surface area contributed by atoms with Gasteiger partial charge in [0.05, 0.1) is 34.6 Å². The summed E-state index contributed by atoms with van der Waals surface area (Å²) in [6, 6.07) is 20.1. The Labute approximate surface area is 236 Å². The molecule has 2 aliphatic rings. The van der Waals surface area contributed by atoms with Crippen molar-refractivity contribution < 1.29 is 23.6 Å². The summed E-state index contributed by atoms with van der Waals surface area (Å²) in [6.07, 6.45) is 4.47. The lowest BCUT2D eigenvalue weighted by atomic mass is 10.1. The van der Waals surface area contributed by atoms with Crippen LogP contribution in [0, 0.1) is 5.82 Å². The number of ether oxygens (including phenoxy) is 2. The third kappa shape index (κ3) is 5.93. The molecule has 0 unspecified atom stereocenters. The number of hydrogen-bond acceptors (Lipinski definition) is 7. The highest BCUT2D eigenvalue weighted by Gasteiger charge is 2.48. The minimum atomic E-state index is -0.567. The molecule has 1 saturated heterocycles. The lowest BCUT2D eigenvalue weighted by molar-refractivity contribution is -0.383. The Bertz CT molecular complexity index is 1500. The Morgan fingerprint density at radius 2 is 1.93 bits per heavy atom. The van der Waals surface area contributed by atoms with E-state index in [2.05, 4.69) is 28.2 Å². The van der Waals surface area contributed by atoms with Crippen LogP contribution in [-0.4, -0.2) is 41.9 Å². The molecule has 1 aliphatic carbocycles. The van der Waals surface area contributed by atoms with Crippen LogP contribution in [0.1, 0.15) is 25.5 Å². The molecule has 10 heteroatoms. The summed E-state index contributed by atoms with van der Waals surface area (Å²) in [6.45, 7) is 4.13. The summed E-state index contributed by atoms with van der Waals surface area (Å²) in [5, 5.41) is 2.75. The Morgan fingerprint density at radius 1 is 1.12 bits per heavy atom. The van der Waals surface area contributed by atoms with Crippen molar-refractivity contribution in [3.8, 4) is 17.1 Å². The van der Waals surface area contributed by atoms with Gasteiger partial charge in [0.1, 0.15) is 11.6 Å². The Morgan fingerprint density at radius 3 is 2.65 bits per heavy atom. The van der Waals surface area contributed by atoms with E-state index in [1.807, 2.05) is 24.4 Å². The molecule has 40 heavy (non-hydrogen) atoms. The van der Waals surface area contributed by atoms with Crippen LogP contribution in [0.5, 0.6) is 5.75 Å². The van der Waals surface area contributed by atoms with Crippen LogP contribution in [0.3, 0.4) is 0 Å². The molecule has 0 radical (unpaired) electrons. The third-order valence-electron chi connectivity index (χ3n) is 6.93. The number of nitrogens with one attached hydrogen (secondary N) is 2. The first-order valence-electron chi connectivity index (χ1n) is 13.2. The van der Waals surface area contributed by atoms with Crippen LogP contribution < -0.4 is 19.9 Å². The minimum absolute atomic E-state index is 0.173. The van der Waals surface area contributed by atoms with Gasteiger partial charge in [-0.05, 0) is 62.2 Å². The third-order valence-corrected chi connectivity index (χ3v) is 8.41. The number of carbonyl (C=O) groups excluding carboxylic acids is 1. The van der Waals surface area contributed by atoms with Gasteiger partial charge in [0.2, 0.25) is 6.20 Å². The maximum Gasteiger partial charge on any atom is 0.417 e. The van der Waals surface area contributed by atoms with Gasteiger partial charge in [0.15, 0.2) is 17.8 Å². The second-order valence-corrected chi connectivity index (χ2v) is 11.4. The van der Waals surface area contributed by atoms with Gasteiger partial charge in [0.25, 0.3) is 0 Å². The molecule has 1 amide bonds. The standard InChI is InChI=1S/C30H28FN5O3S/c1-20-19-38-14-13-36(20)27-16-26(30(11-12-30)40-25-15-22(31)17-32-18-25)34-28(35-27)21-7-9-23(10-8-21)33-29(37)39-24-5-3-2-4-6-24/h2-10,15-18,20H,11-14,19H2,1H3,(H,33,37)/p+1/t20-/m0/s1. The molecular weight excluding hydrogens is 529 g/mol. The molecule has 2 aromatic heterocycles. The van der Waals surface area contributed by atoms with Gasteiger partial charge < -0.3 is 14.4 Å². The van der Waals surface area contributed by atoms with Crippen molar-refractivity contribution in [2.24, 2.45) is 0 Å². The predicted molar refractivity (Wildman–Crippen MR) is 151 cm³/mol. The summed E-state index contributed by atoms with van der Waals surface area (Å²) < 4.78 is 24.6. The lowest BCUT2D eigenvalue weighted by Gasteiger charge is -2.34. The zero-order valence-corrected chi connectivity index (χ0v) is 22.8. The van der Waals surface area contributed by atoms with Crippen molar-refractivity contribution >= 4 is 29.4 Å². The summed E-state index contributed by atoms with van der Waals surface area (Å²) in [5.74, 6) is 1.62. The number of morpholine rings is 1. The number of aromatic amines is 1. The normalized spacial score (nSPS) is 17.8. The van der Waals surface area contributed by atoms with Crippen molar-refractivity contribution in [1.82, 2.24) is 9.97 Å². The molecule has 1 aliphatic heterocycles. The topological polar surface area (TPSA) is 90.7 Å². The Balaban J connectivity index is 1.28. The second-order valence-electron chi connectivity index (χ2n) is 9.94. The molecular formula is C30H29FN5O3S+. The summed E-state index contributed by atoms with van der Waals surface area (Å²) in [4.78, 5) is 28.3. The molecule has 2 fully saturated rings. The Kier molecular flexibility index (Phi) is 7.36. The first-order valence-corrected chi connectivity index (χ1v) is 14.0. The number of benzene rings is 2. The number of para-hydroxylation sites is 1. The van der Waals surface area contributed by atoms with Gasteiger partial charge in [0, 0.05) is 23.9 Å². The van der Waals surface area contributed by atoms with Crippen molar-refractivity contribution in [2.75, 3.05) is 30.0 Å². The van der Waals surface area contributed by atoms with Crippen LogP contribution in [0.4, 0.5) is 20.7 Å². The number of H-pyrrole nitrogens is 1. The number of aromatic nitrogens is 3. The van der Waals surface area contributed by atoms with E-state index < -0.39 is 6.09 Å². The van der Waals surface area contributed by atoms with E-state index >= 15 is 0 Å². The number of halogens is 1. The van der Waals surface area contributed by atoms with Gasteiger partial charge in [-0.25, -0.2) is 24.1 Å². The van der Waals surface area contributed by atoms with E-state index in [0.717, 1.165) is 41.4 Å². The number of amides is 1. The van der Waals surface area contributed by atoms with E-state index in [1.54, 1.807) is 54.2 Å². The maximum atomic E-state index is 13.9. The van der Waals surface area contributed by atoms with Gasteiger partial charge in [-0.3, -0.25) is 5.32 Å². The molecule has 1 atom stereocenters. The average molecular weight is 559 g/mol. The number of nitrogens with zero attached hydrogens (tertiary/aromatic N) is 3. The minimum Gasteiger partial charge on any atom is -0.410 e. The molecule has 8 nitrogen and oxygen atoms in total. The highest BCUT2D eigenvalue weighted by atomic mass is 32.2. The van der Waals surface area contributed by atoms with Crippen molar-refractivity contribution in [2.45, 2.75) is 35.4 Å². The van der Waals surface area contributed by atoms with Crippen LogP contribution in [0.2, 0.25) is 0 Å². The summed E-state index contributed by atoms with van der Waals surface area (Å²) in [5.41, 5.74) is 2.35. The van der Waals surface area contributed by atoms with Gasteiger partial charge >= 0.3 is 6.09 Å². The van der Waals surface area contributed by atoms with E-state index in [-0.39, 0.29) is 16.6 Å². The van der Waals surface area contributed by atoms with E-state index in [1.165, 1.54) is 6.20 Å². The van der Waals surface area contributed by atoms with Crippen LogP contribution in [0.15, 0.2) is 84.0 Å². The zero-order chi connectivity index (χ0) is 27.5. The van der Waals surface area contributed by atoms with Crippen molar-refractivity contribution in [3.63, 3.8) is 0 Å². The number of pyridine rings is 1. The second kappa shape index (κ2) is 11.2. The summed E-state index contributed by atoms with van der Waals surface area (Å²) in [7, 11) is 0. The SMILES string of the molecule is C[C@H]1COCCN1c1cc(C2(Sc3c[nH+]cc(F)c3)CC2)nc(-c2ccc(NC(=O)Oc3ccccc3)cc2)n1. The smallest absolute Gasteiger partial charge is 0.410 e. The van der Waals surface area contributed by atoms with E-state index in [9.17, 15) is 9.18 Å². The highest BCUT2D eigenvalue weighted by Crippen LogP contribution is 2.59.